The fourth-order valence-electron chi connectivity index (χ4n) is 4.42. The molecule has 1 spiro atoms. The smallest absolute Gasteiger partial charge is 0.0926 e. The Bertz CT molecular complexity index is 343. The standard InChI is InChI=1S/C15H24O/c1-11-6-5-8-15-9-7-12(10-14(11,15)4)13(2,3)16-15/h5,8,11-12H,6-7,9-10H2,1-4H3/t11-,12+,14+,15-/m0/s1. The normalized spacial score (nSPS) is 53.8. The van der Waals surface area contributed by atoms with Crippen LogP contribution in [0.25, 0.3) is 0 Å². The van der Waals surface area contributed by atoms with Gasteiger partial charge in [0.05, 0.1) is 11.2 Å². The predicted molar refractivity (Wildman–Crippen MR) is 66.3 cm³/mol. The molecule has 2 bridgehead atoms. The number of fused-ring (bicyclic) bond motifs is 2. The summed E-state index contributed by atoms with van der Waals surface area (Å²) in [4.78, 5) is 0. The Labute approximate surface area is 99.3 Å². The molecule has 4 rings (SSSR count). The molecule has 4 atom stereocenters. The van der Waals surface area contributed by atoms with Gasteiger partial charge >= 0.3 is 0 Å². The fourth-order valence-corrected chi connectivity index (χ4v) is 4.42. The van der Waals surface area contributed by atoms with E-state index in [1.54, 1.807) is 0 Å². The zero-order valence-corrected chi connectivity index (χ0v) is 11.0. The van der Waals surface area contributed by atoms with Crippen LogP contribution in [0.3, 0.4) is 0 Å². The van der Waals surface area contributed by atoms with E-state index in [0.717, 1.165) is 11.8 Å². The van der Waals surface area contributed by atoms with Crippen molar-refractivity contribution in [2.24, 2.45) is 17.3 Å². The molecule has 0 aromatic heterocycles. The number of allylic oxidation sites excluding steroid dienone is 1. The van der Waals surface area contributed by atoms with Gasteiger partial charge in [0.15, 0.2) is 0 Å². The summed E-state index contributed by atoms with van der Waals surface area (Å²) in [6, 6.07) is 0. The fraction of sp³-hybridized carbons (Fsp3) is 0.867. The second-order valence-corrected chi connectivity index (χ2v) is 6.99. The van der Waals surface area contributed by atoms with Crippen molar-refractivity contribution in [1.82, 2.24) is 0 Å². The lowest BCUT2D eigenvalue weighted by molar-refractivity contribution is -0.287. The van der Waals surface area contributed by atoms with Crippen LogP contribution < -0.4 is 0 Å². The van der Waals surface area contributed by atoms with E-state index in [1.165, 1.54) is 25.7 Å². The zero-order chi connectivity index (χ0) is 11.6. The Hall–Kier alpha value is -0.300. The molecule has 0 aromatic rings. The van der Waals surface area contributed by atoms with E-state index >= 15 is 0 Å². The van der Waals surface area contributed by atoms with E-state index in [9.17, 15) is 0 Å². The second kappa shape index (κ2) is 2.93. The lowest BCUT2D eigenvalue weighted by Crippen LogP contribution is -2.66. The van der Waals surface area contributed by atoms with E-state index in [2.05, 4.69) is 39.8 Å². The summed E-state index contributed by atoms with van der Waals surface area (Å²) >= 11 is 0. The summed E-state index contributed by atoms with van der Waals surface area (Å²) in [5, 5.41) is 0. The third-order valence-electron chi connectivity index (χ3n) is 5.89. The lowest BCUT2D eigenvalue weighted by Gasteiger charge is -2.66. The van der Waals surface area contributed by atoms with Crippen molar-refractivity contribution in [2.45, 2.75) is 64.6 Å². The quantitative estimate of drug-likeness (QED) is 0.562. The first kappa shape index (κ1) is 10.8. The van der Waals surface area contributed by atoms with Gasteiger partial charge in [-0.25, -0.2) is 0 Å². The predicted octanol–water partition coefficient (Wildman–Crippen LogP) is 3.94. The van der Waals surface area contributed by atoms with Crippen LogP contribution in [0.1, 0.15) is 53.4 Å². The Kier molecular flexibility index (Phi) is 1.98. The van der Waals surface area contributed by atoms with Crippen LogP contribution >= 0.6 is 0 Å². The van der Waals surface area contributed by atoms with Gasteiger partial charge in [-0.1, -0.05) is 26.0 Å². The van der Waals surface area contributed by atoms with Gasteiger partial charge in [-0.15, -0.1) is 0 Å². The van der Waals surface area contributed by atoms with Gasteiger partial charge in [-0.05, 0) is 51.4 Å². The molecule has 1 saturated carbocycles. The minimum absolute atomic E-state index is 0.0446. The van der Waals surface area contributed by atoms with Crippen molar-refractivity contribution in [3.8, 4) is 0 Å². The Morgan fingerprint density at radius 2 is 2.00 bits per heavy atom. The molecule has 2 saturated heterocycles. The summed E-state index contributed by atoms with van der Waals surface area (Å²) in [6.45, 7) is 9.43. The van der Waals surface area contributed by atoms with Gasteiger partial charge in [-0.3, -0.25) is 0 Å². The third-order valence-corrected chi connectivity index (χ3v) is 5.89. The molecule has 16 heavy (non-hydrogen) atoms. The topological polar surface area (TPSA) is 9.23 Å². The van der Waals surface area contributed by atoms with Crippen molar-refractivity contribution in [3.05, 3.63) is 12.2 Å². The first-order chi connectivity index (χ1) is 7.40. The molecule has 0 amide bonds. The minimum Gasteiger partial charge on any atom is -0.364 e. The highest BCUT2D eigenvalue weighted by Crippen LogP contribution is 2.63. The van der Waals surface area contributed by atoms with Crippen LogP contribution in [0, 0.1) is 17.3 Å². The molecule has 0 unspecified atom stereocenters. The third kappa shape index (κ3) is 1.11. The van der Waals surface area contributed by atoms with Crippen molar-refractivity contribution in [1.29, 1.82) is 0 Å². The van der Waals surface area contributed by atoms with Gasteiger partial charge in [-0.2, -0.15) is 0 Å². The van der Waals surface area contributed by atoms with Crippen molar-refractivity contribution in [2.75, 3.05) is 0 Å². The second-order valence-electron chi connectivity index (χ2n) is 6.99. The van der Waals surface area contributed by atoms with Gasteiger partial charge in [0.2, 0.25) is 0 Å². The molecule has 2 aliphatic carbocycles. The summed E-state index contributed by atoms with van der Waals surface area (Å²) in [7, 11) is 0. The van der Waals surface area contributed by atoms with E-state index in [0.29, 0.717) is 5.41 Å². The maximum absolute atomic E-state index is 6.55. The summed E-state index contributed by atoms with van der Waals surface area (Å²) in [5.74, 6) is 1.52. The minimum atomic E-state index is 0.0446. The number of hydrogen-bond acceptors (Lipinski definition) is 1. The summed E-state index contributed by atoms with van der Waals surface area (Å²) in [6.07, 6.45) is 9.91. The molecule has 90 valence electrons. The molecule has 3 fully saturated rings. The largest absolute Gasteiger partial charge is 0.364 e. The zero-order valence-electron chi connectivity index (χ0n) is 11.0. The lowest BCUT2D eigenvalue weighted by atomic mass is 9.49. The molecule has 0 N–H and O–H groups in total. The van der Waals surface area contributed by atoms with E-state index in [-0.39, 0.29) is 11.2 Å². The molecule has 4 aliphatic rings. The van der Waals surface area contributed by atoms with E-state index in [1.807, 2.05) is 0 Å². The van der Waals surface area contributed by atoms with Crippen LogP contribution in [0.5, 0.6) is 0 Å². The molecule has 0 radical (unpaired) electrons. The molecule has 2 aliphatic heterocycles. The Morgan fingerprint density at radius 1 is 1.25 bits per heavy atom. The van der Waals surface area contributed by atoms with Crippen LogP contribution in [0.15, 0.2) is 12.2 Å². The average molecular weight is 220 g/mol. The molecule has 0 aromatic carbocycles. The summed E-state index contributed by atoms with van der Waals surface area (Å²) < 4.78 is 6.55. The van der Waals surface area contributed by atoms with Gasteiger partial charge in [0.1, 0.15) is 0 Å². The molecule has 1 heteroatoms. The maximum Gasteiger partial charge on any atom is 0.0926 e. The van der Waals surface area contributed by atoms with E-state index < -0.39 is 0 Å². The molecular formula is C15H24O. The molecular weight excluding hydrogens is 196 g/mol. The number of rotatable bonds is 0. The first-order valence-electron chi connectivity index (χ1n) is 6.78. The van der Waals surface area contributed by atoms with Crippen molar-refractivity contribution in [3.63, 3.8) is 0 Å². The van der Waals surface area contributed by atoms with E-state index in [4.69, 9.17) is 4.74 Å². The van der Waals surface area contributed by atoms with Gasteiger partial charge in [0, 0.05) is 5.41 Å². The molecule has 1 nitrogen and oxygen atoms in total. The highest BCUT2D eigenvalue weighted by Gasteiger charge is 2.63. The van der Waals surface area contributed by atoms with Crippen molar-refractivity contribution >= 4 is 0 Å². The maximum atomic E-state index is 6.55. The Balaban J connectivity index is 2.09. The highest BCUT2D eigenvalue weighted by molar-refractivity contribution is 5.23. The Morgan fingerprint density at radius 3 is 2.69 bits per heavy atom. The average Bonchev–Trinajstić information content (AvgIpc) is 2.18. The number of hydrogen-bond donors (Lipinski definition) is 0. The van der Waals surface area contributed by atoms with Crippen LogP contribution in [-0.2, 0) is 4.74 Å². The van der Waals surface area contributed by atoms with Gasteiger partial charge in [0.25, 0.3) is 0 Å². The van der Waals surface area contributed by atoms with Crippen LogP contribution in [-0.4, -0.2) is 11.2 Å². The summed E-state index contributed by atoms with van der Waals surface area (Å²) in [5.41, 5.74) is 0.502. The van der Waals surface area contributed by atoms with Crippen molar-refractivity contribution < 1.29 is 4.74 Å². The SMILES string of the molecule is C[C@H]1CC=C[C@]23CC[C@H](C[C@]12C)C(C)(C)O3. The van der Waals surface area contributed by atoms with Gasteiger partial charge < -0.3 is 4.74 Å². The van der Waals surface area contributed by atoms with Crippen LogP contribution in [0.4, 0.5) is 0 Å². The van der Waals surface area contributed by atoms with Crippen LogP contribution in [0.2, 0.25) is 0 Å². The number of ether oxygens (including phenoxy) is 1. The molecule has 2 heterocycles. The monoisotopic (exact) mass is 220 g/mol. The highest BCUT2D eigenvalue weighted by atomic mass is 16.5. The first-order valence-corrected chi connectivity index (χ1v) is 6.78.